The van der Waals surface area contributed by atoms with Crippen molar-refractivity contribution in [3.63, 3.8) is 0 Å². The summed E-state index contributed by atoms with van der Waals surface area (Å²) in [4.78, 5) is 22.3. The molecule has 1 amide bonds. The number of hydrogen-bond donors (Lipinski definition) is 2. The molecule has 0 saturated carbocycles. The molecule has 20 heavy (non-hydrogen) atoms. The summed E-state index contributed by atoms with van der Waals surface area (Å²) in [6.07, 6.45) is 4.52. The lowest BCUT2D eigenvalue weighted by Gasteiger charge is -2.07. The van der Waals surface area contributed by atoms with Crippen LogP contribution in [-0.2, 0) is 6.54 Å². The maximum Gasteiger partial charge on any atom is 0.287 e. The summed E-state index contributed by atoms with van der Waals surface area (Å²) in [7, 11) is 0. The van der Waals surface area contributed by atoms with Crippen LogP contribution in [-0.4, -0.2) is 33.7 Å². The van der Waals surface area contributed by atoms with E-state index in [2.05, 4.69) is 5.32 Å². The summed E-state index contributed by atoms with van der Waals surface area (Å²) in [5.74, 6) is -0.296. The summed E-state index contributed by atoms with van der Waals surface area (Å²) >= 11 is 0. The van der Waals surface area contributed by atoms with Crippen LogP contribution in [0.3, 0.4) is 0 Å². The lowest BCUT2D eigenvalue weighted by atomic mass is 10.2. The van der Waals surface area contributed by atoms with Crippen LogP contribution >= 0.6 is 0 Å². The molecule has 0 unspecified atom stereocenters. The van der Waals surface area contributed by atoms with Crippen molar-refractivity contribution in [1.29, 1.82) is 0 Å². The lowest BCUT2D eigenvalue weighted by Crippen LogP contribution is -2.26. The predicted octanol–water partition coefficient (Wildman–Crippen LogP) is 1.70. The smallest absolute Gasteiger partial charge is 0.287 e. The molecule has 0 spiro atoms. The Bertz CT molecular complexity index is 456. The quantitative estimate of drug-likeness (QED) is 0.409. The molecular weight excluding hydrogens is 262 g/mol. The number of aromatic nitrogens is 1. The Morgan fingerprint density at radius 2 is 2.20 bits per heavy atom. The Morgan fingerprint density at radius 3 is 2.80 bits per heavy atom. The van der Waals surface area contributed by atoms with Gasteiger partial charge in [0.25, 0.3) is 11.6 Å². The number of amides is 1. The van der Waals surface area contributed by atoms with Crippen LogP contribution in [0.4, 0.5) is 5.69 Å². The van der Waals surface area contributed by atoms with Crippen molar-refractivity contribution in [1.82, 2.24) is 9.88 Å². The second-order valence-electron chi connectivity index (χ2n) is 4.57. The van der Waals surface area contributed by atoms with Gasteiger partial charge in [-0.1, -0.05) is 6.92 Å². The normalized spacial score (nSPS) is 10.5. The second-order valence-corrected chi connectivity index (χ2v) is 4.57. The van der Waals surface area contributed by atoms with Crippen LogP contribution in [0.1, 0.15) is 43.1 Å². The number of carbonyl (C=O) groups is 1. The van der Waals surface area contributed by atoms with Crippen molar-refractivity contribution >= 4 is 11.6 Å². The molecule has 0 radical (unpaired) electrons. The standard InChI is InChI=1S/C13H21N3O4/c1-2-7-15-10-11(16(19)20)9-12(15)13(18)14-6-4-3-5-8-17/h9-10,17H,2-8H2,1H3,(H,14,18). The number of rotatable bonds is 9. The van der Waals surface area contributed by atoms with Crippen molar-refractivity contribution in [3.05, 3.63) is 28.1 Å². The average Bonchev–Trinajstić information content (AvgIpc) is 2.83. The number of aliphatic hydroxyl groups excluding tert-OH is 1. The minimum atomic E-state index is -0.496. The number of nitrogens with one attached hydrogen (secondary N) is 1. The van der Waals surface area contributed by atoms with Gasteiger partial charge >= 0.3 is 0 Å². The van der Waals surface area contributed by atoms with Crippen molar-refractivity contribution in [3.8, 4) is 0 Å². The number of aliphatic hydroxyl groups is 1. The van der Waals surface area contributed by atoms with Crippen LogP contribution in [0.2, 0.25) is 0 Å². The number of hydrogen-bond acceptors (Lipinski definition) is 4. The van der Waals surface area contributed by atoms with Gasteiger partial charge in [-0.15, -0.1) is 0 Å². The molecule has 0 aliphatic carbocycles. The molecule has 7 nitrogen and oxygen atoms in total. The summed E-state index contributed by atoms with van der Waals surface area (Å²) in [5.41, 5.74) is 0.254. The molecule has 1 heterocycles. The third-order valence-electron chi connectivity index (χ3n) is 2.91. The first-order chi connectivity index (χ1) is 9.60. The minimum absolute atomic E-state index is 0.0659. The molecule has 2 N–H and O–H groups in total. The summed E-state index contributed by atoms with van der Waals surface area (Å²) < 4.78 is 1.61. The molecule has 0 atom stereocenters. The Kier molecular flexibility index (Phi) is 6.72. The Hall–Kier alpha value is -1.89. The minimum Gasteiger partial charge on any atom is -0.396 e. The molecular formula is C13H21N3O4. The Morgan fingerprint density at radius 1 is 1.45 bits per heavy atom. The first-order valence-electron chi connectivity index (χ1n) is 6.83. The van der Waals surface area contributed by atoms with Gasteiger partial charge in [0.05, 0.1) is 11.1 Å². The second kappa shape index (κ2) is 8.31. The van der Waals surface area contributed by atoms with Gasteiger partial charge in [0, 0.05) is 25.8 Å². The van der Waals surface area contributed by atoms with E-state index >= 15 is 0 Å². The van der Waals surface area contributed by atoms with Gasteiger partial charge in [-0.3, -0.25) is 14.9 Å². The predicted molar refractivity (Wildman–Crippen MR) is 74.6 cm³/mol. The monoisotopic (exact) mass is 283 g/mol. The molecule has 0 bridgehead atoms. The van der Waals surface area contributed by atoms with Crippen LogP contribution < -0.4 is 5.32 Å². The van der Waals surface area contributed by atoms with E-state index in [1.165, 1.54) is 12.3 Å². The zero-order valence-electron chi connectivity index (χ0n) is 11.7. The number of unbranched alkanes of at least 4 members (excludes halogenated alkanes) is 2. The highest BCUT2D eigenvalue weighted by molar-refractivity contribution is 5.93. The van der Waals surface area contributed by atoms with E-state index in [1.807, 2.05) is 6.92 Å². The van der Waals surface area contributed by atoms with Crippen LogP contribution in [0, 0.1) is 10.1 Å². The fourth-order valence-electron chi connectivity index (χ4n) is 1.92. The van der Waals surface area contributed by atoms with Crippen molar-refractivity contribution in [2.24, 2.45) is 0 Å². The van der Waals surface area contributed by atoms with Gasteiger partial charge in [0.1, 0.15) is 5.69 Å². The van der Waals surface area contributed by atoms with Crippen molar-refractivity contribution in [2.45, 2.75) is 39.2 Å². The van der Waals surface area contributed by atoms with Gasteiger partial charge in [0.15, 0.2) is 0 Å². The van der Waals surface area contributed by atoms with E-state index in [4.69, 9.17) is 5.11 Å². The summed E-state index contributed by atoms with van der Waals surface area (Å²) in [6.45, 7) is 3.17. The van der Waals surface area contributed by atoms with Gasteiger partial charge in [0.2, 0.25) is 0 Å². The molecule has 112 valence electrons. The zero-order chi connectivity index (χ0) is 15.0. The first-order valence-corrected chi connectivity index (χ1v) is 6.83. The molecule has 1 aromatic heterocycles. The molecule has 0 aromatic carbocycles. The summed E-state index contributed by atoms with van der Waals surface area (Å²) in [5, 5.41) is 22.2. The largest absolute Gasteiger partial charge is 0.396 e. The van der Waals surface area contributed by atoms with E-state index in [1.54, 1.807) is 4.57 Å². The van der Waals surface area contributed by atoms with Crippen molar-refractivity contribution in [2.75, 3.05) is 13.2 Å². The average molecular weight is 283 g/mol. The molecule has 1 rings (SSSR count). The highest BCUT2D eigenvalue weighted by atomic mass is 16.6. The van der Waals surface area contributed by atoms with Gasteiger partial charge in [-0.05, 0) is 25.7 Å². The summed E-state index contributed by atoms with van der Waals surface area (Å²) in [6, 6.07) is 1.30. The van der Waals surface area contributed by atoms with E-state index in [0.717, 1.165) is 19.3 Å². The SMILES string of the molecule is CCCn1cc([N+](=O)[O-])cc1C(=O)NCCCCCO. The topological polar surface area (TPSA) is 97.4 Å². The fraction of sp³-hybridized carbons (Fsp3) is 0.615. The lowest BCUT2D eigenvalue weighted by molar-refractivity contribution is -0.384. The molecule has 7 heteroatoms. The third kappa shape index (κ3) is 4.65. The van der Waals surface area contributed by atoms with E-state index in [0.29, 0.717) is 25.2 Å². The van der Waals surface area contributed by atoms with Crippen molar-refractivity contribution < 1.29 is 14.8 Å². The van der Waals surface area contributed by atoms with Gasteiger partial charge < -0.3 is 15.0 Å². The molecule has 1 aromatic rings. The number of nitro groups is 1. The number of nitrogens with zero attached hydrogens (tertiary/aromatic N) is 2. The maximum atomic E-state index is 12.0. The van der Waals surface area contributed by atoms with E-state index in [9.17, 15) is 14.9 Å². The van der Waals surface area contributed by atoms with Crippen LogP contribution in [0.15, 0.2) is 12.3 Å². The van der Waals surface area contributed by atoms with E-state index in [-0.39, 0.29) is 18.2 Å². The van der Waals surface area contributed by atoms with Crippen LogP contribution in [0.25, 0.3) is 0 Å². The fourth-order valence-corrected chi connectivity index (χ4v) is 1.92. The number of aryl methyl sites for hydroxylation is 1. The Balaban J connectivity index is 2.63. The maximum absolute atomic E-state index is 12.0. The van der Waals surface area contributed by atoms with Gasteiger partial charge in [-0.25, -0.2) is 0 Å². The molecule has 0 saturated heterocycles. The van der Waals surface area contributed by atoms with Crippen LogP contribution in [0.5, 0.6) is 0 Å². The molecule has 0 fully saturated rings. The van der Waals surface area contributed by atoms with E-state index < -0.39 is 4.92 Å². The van der Waals surface area contributed by atoms with Gasteiger partial charge in [-0.2, -0.15) is 0 Å². The molecule has 0 aliphatic rings. The Labute approximate surface area is 117 Å². The number of carbonyl (C=O) groups excluding carboxylic acids is 1. The first kappa shape index (κ1) is 16.2. The highest BCUT2D eigenvalue weighted by Gasteiger charge is 2.18. The highest BCUT2D eigenvalue weighted by Crippen LogP contribution is 2.17. The third-order valence-corrected chi connectivity index (χ3v) is 2.91. The molecule has 0 aliphatic heterocycles. The zero-order valence-corrected chi connectivity index (χ0v) is 11.7.